The van der Waals surface area contributed by atoms with Gasteiger partial charge in [0.05, 0.1) is 6.04 Å². The van der Waals surface area contributed by atoms with Crippen LogP contribution in [0.5, 0.6) is 0 Å². The molecule has 0 fully saturated rings. The third kappa shape index (κ3) is 11.9. The zero-order valence-corrected chi connectivity index (χ0v) is 28.5. The van der Waals surface area contributed by atoms with Crippen molar-refractivity contribution in [2.75, 3.05) is 6.54 Å². The van der Waals surface area contributed by atoms with E-state index in [0.29, 0.717) is 0 Å². The minimum absolute atomic E-state index is 0.0496. The smallest absolute Gasteiger partial charge is 0.408 e. The first kappa shape index (κ1) is 36.4. The second kappa shape index (κ2) is 17.6. The number of hydrogen-bond acceptors (Lipinski definition) is 6. The van der Waals surface area contributed by atoms with Crippen LogP contribution < -0.4 is 10.6 Å². The first-order valence-electron chi connectivity index (χ1n) is 16.4. The van der Waals surface area contributed by atoms with E-state index in [1.165, 1.54) is 4.90 Å². The Morgan fingerprint density at radius 2 is 1.12 bits per heavy atom. The van der Waals surface area contributed by atoms with Crippen LogP contribution in [0.1, 0.15) is 56.0 Å². The summed E-state index contributed by atoms with van der Waals surface area (Å²) in [6.45, 7) is 6.72. The molecule has 49 heavy (non-hydrogen) atoms. The molecule has 0 bridgehead atoms. The van der Waals surface area contributed by atoms with Crippen LogP contribution in [0.2, 0.25) is 0 Å². The van der Waals surface area contributed by atoms with Gasteiger partial charge in [0.1, 0.15) is 30.8 Å². The number of ether oxygens (including phenoxy) is 2. The average Bonchev–Trinajstić information content (AvgIpc) is 3.09. The lowest BCUT2D eigenvalue weighted by Crippen LogP contribution is -2.54. The molecule has 0 aromatic heterocycles. The first-order chi connectivity index (χ1) is 23.5. The highest BCUT2D eigenvalue weighted by atomic mass is 16.6. The van der Waals surface area contributed by atoms with Gasteiger partial charge in [-0.15, -0.1) is 0 Å². The first-order valence-corrected chi connectivity index (χ1v) is 16.4. The summed E-state index contributed by atoms with van der Waals surface area (Å²) in [4.78, 5) is 56.1. The van der Waals surface area contributed by atoms with Crippen LogP contribution in [-0.4, -0.2) is 53.0 Å². The van der Waals surface area contributed by atoms with E-state index in [-0.39, 0.29) is 26.0 Å². The van der Waals surface area contributed by atoms with Crippen LogP contribution in [0.25, 0.3) is 0 Å². The van der Waals surface area contributed by atoms with Gasteiger partial charge in [-0.3, -0.25) is 9.59 Å². The maximum atomic E-state index is 14.5. The molecule has 2 N–H and O–H groups in total. The summed E-state index contributed by atoms with van der Waals surface area (Å²) in [6, 6.07) is 34.6. The van der Waals surface area contributed by atoms with E-state index in [2.05, 4.69) is 10.6 Å². The minimum Gasteiger partial charge on any atom is -0.459 e. The number of alkyl carbamates (subject to hydrolysis) is 1. The highest BCUT2D eigenvalue weighted by Crippen LogP contribution is 2.22. The van der Waals surface area contributed by atoms with Gasteiger partial charge in [0.25, 0.3) is 0 Å². The molecule has 0 aliphatic carbocycles. The number of rotatable bonds is 14. The molecule has 9 nitrogen and oxygen atoms in total. The van der Waals surface area contributed by atoms with Crippen LogP contribution in [0, 0.1) is 0 Å². The highest BCUT2D eigenvalue weighted by molar-refractivity contribution is 5.91. The van der Waals surface area contributed by atoms with E-state index < -0.39 is 47.6 Å². The lowest BCUT2D eigenvalue weighted by Gasteiger charge is -2.33. The molecule has 4 aromatic rings. The Hall–Kier alpha value is -5.44. The largest absolute Gasteiger partial charge is 0.459 e. The third-order valence-electron chi connectivity index (χ3n) is 7.74. The van der Waals surface area contributed by atoms with E-state index in [0.717, 1.165) is 22.3 Å². The number of carbonyl (C=O) groups excluding carboxylic acids is 4. The molecule has 0 heterocycles. The summed E-state index contributed by atoms with van der Waals surface area (Å²) in [5, 5.41) is 5.58. The van der Waals surface area contributed by atoms with Crippen molar-refractivity contribution in [3.63, 3.8) is 0 Å². The quantitative estimate of drug-likeness (QED) is 0.156. The van der Waals surface area contributed by atoms with Crippen molar-refractivity contribution < 1.29 is 28.7 Å². The standard InChI is InChI=1S/C40H45N3O6/c1-29(33-23-15-8-16-24-33)43(37(45)34(25-30-17-9-5-10-18-30)42-39(47)49-40(2,3)4)27-36(44)41-35(26-31-19-11-6-12-20-31)38(46)48-28-32-21-13-7-14-22-32/h5-24,29,34-35H,25-28H2,1-4H3,(H,41,44)(H,42,47)/t29-,34+,35+/m1/s1. The predicted molar refractivity (Wildman–Crippen MR) is 188 cm³/mol. The number of nitrogens with one attached hydrogen (secondary N) is 2. The second-order valence-corrected chi connectivity index (χ2v) is 12.8. The summed E-state index contributed by atoms with van der Waals surface area (Å²) < 4.78 is 11.1. The van der Waals surface area contributed by atoms with E-state index >= 15 is 0 Å². The Labute approximate surface area is 288 Å². The van der Waals surface area contributed by atoms with Crippen molar-refractivity contribution in [3.8, 4) is 0 Å². The third-order valence-corrected chi connectivity index (χ3v) is 7.74. The maximum absolute atomic E-state index is 14.5. The fourth-order valence-electron chi connectivity index (χ4n) is 5.28. The average molecular weight is 664 g/mol. The summed E-state index contributed by atoms with van der Waals surface area (Å²) in [6.07, 6.45) is -0.386. The topological polar surface area (TPSA) is 114 Å². The van der Waals surface area contributed by atoms with Crippen LogP contribution in [0.4, 0.5) is 4.79 Å². The van der Waals surface area contributed by atoms with Crippen LogP contribution in [-0.2, 0) is 43.3 Å². The van der Waals surface area contributed by atoms with E-state index in [4.69, 9.17) is 9.47 Å². The Morgan fingerprint density at radius 1 is 0.653 bits per heavy atom. The van der Waals surface area contributed by atoms with Gasteiger partial charge in [-0.1, -0.05) is 121 Å². The molecule has 0 aliphatic rings. The lowest BCUT2D eigenvalue weighted by atomic mass is 10.0. The Kier molecular flexibility index (Phi) is 13.1. The molecule has 4 rings (SSSR count). The summed E-state index contributed by atoms with van der Waals surface area (Å²) in [7, 11) is 0. The molecule has 0 saturated carbocycles. The fourth-order valence-corrected chi connectivity index (χ4v) is 5.28. The summed E-state index contributed by atoms with van der Waals surface area (Å²) in [5.41, 5.74) is 2.47. The normalized spacial score (nSPS) is 12.9. The number of carbonyl (C=O) groups is 4. The zero-order chi connectivity index (χ0) is 35.2. The molecule has 0 saturated heterocycles. The zero-order valence-electron chi connectivity index (χ0n) is 28.5. The molecule has 0 aliphatic heterocycles. The molecule has 9 heteroatoms. The van der Waals surface area contributed by atoms with E-state index in [1.54, 1.807) is 20.8 Å². The van der Waals surface area contributed by atoms with Crippen molar-refractivity contribution in [3.05, 3.63) is 144 Å². The van der Waals surface area contributed by atoms with Crippen molar-refractivity contribution in [1.29, 1.82) is 0 Å². The molecule has 3 amide bonds. The van der Waals surface area contributed by atoms with Gasteiger partial charge in [0.15, 0.2) is 0 Å². The SMILES string of the molecule is C[C@H](c1ccccc1)N(CC(=O)N[C@@H](Cc1ccccc1)C(=O)OCc1ccccc1)C(=O)[C@H](Cc1ccccc1)NC(=O)OC(C)(C)C. The van der Waals surface area contributed by atoms with Crippen molar-refractivity contribution in [1.82, 2.24) is 15.5 Å². The molecule has 0 spiro atoms. The number of esters is 1. The van der Waals surface area contributed by atoms with Gasteiger partial charge in [0.2, 0.25) is 11.8 Å². The van der Waals surface area contributed by atoms with Gasteiger partial charge in [-0.05, 0) is 49.9 Å². The van der Waals surface area contributed by atoms with Crippen LogP contribution in [0.3, 0.4) is 0 Å². The summed E-state index contributed by atoms with van der Waals surface area (Å²) in [5.74, 6) is -1.62. The minimum atomic E-state index is -1.05. The van der Waals surface area contributed by atoms with Crippen LogP contribution in [0.15, 0.2) is 121 Å². The van der Waals surface area contributed by atoms with Gasteiger partial charge in [0, 0.05) is 12.8 Å². The molecule has 3 atom stereocenters. The molecular weight excluding hydrogens is 618 g/mol. The van der Waals surface area contributed by atoms with Crippen molar-refractivity contribution in [2.45, 2.75) is 70.9 Å². The van der Waals surface area contributed by atoms with E-state index in [9.17, 15) is 19.2 Å². The Morgan fingerprint density at radius 3 is 1.63 bits per heavy atom. The van der Waals surface area contributed by atoms with Crippen LogP contribution >= 0.6 is 0 Å². The Bertz CT molecular complexity index is 1640. The molecule has 256 valence electrons. The molecule has 0 unspecified atom stereocenters. The van der Waals surface area contributed by atoms with Gasteiger partial charge >= 0.3 is 12.1 Å². The number of nitrogens with zero attached hydrogens (tertiary/aromatic N) is 1. The monoisotopic (exact) mass is 663 g/mol. The molecular formula is C40H45N3O6. The molecule has 0 radical (unpaired) electrons. The predicted octanol–water partition coefficient (Wildman–Crippen LogP) is 6.18. The van der Waals surface area contributed by atoms with Crippen molar-refractivity contribution in [2.24, 2.45) is 0 Å². The lowest BCUT2D eigenvalue weighted by molar-refractivity contribution is -0.149. The van der Waals surface area contributed by atoms with E-state index in [1.807, 2.05) is 128 Å². The highest BCUT2D eigenvalue weighted by Gasteiger charge is 2.33. The van der Waals surface area contributed by atoms with Gasteiger partial charge in [-0.2, -0.15) is 0 Å². The number of benzene rings is 4. The second-order valence-electron chi connectivity index (χ2n) is 12.8. The molecule has 4 aromatic carbocycles. The number of amides is 3. The van der Waals surface area contributed by atoms with Gasteiger partial charge < -0.3 is 25.0 Å². The maximum Gasteiger partial charge on any atom is 0.408 e. The Balaban J connectivity index is 1.60. The fraction of sp³-hybridized carbons (Fsp3) is 0.300. The van der Waals surface area contributed by atoms with Crippen molar-refractivity contribution >= 4 is 23.9 Å². The number of hydrogen-bond donors (Lipinski definition) is 2. The van der Waals surface area contributed by atoms with Gasteiger partial charge in [-0.25, -0.2) is 9.59 Å². The summed E-state index contributed by atoms with van der Waals surface area (Å²) >= 11 is 0.